The summed E-state index contributed by atoms with van der Waals surface area (Å²) < 4.78 is 11.0. The molecule has 4 rings (SSSR count). The summed E-state index contributed by atoms with van der Waals surface area (Å²) in [7, 11) is 2.19. The van der Waals surface area contributed by atoms with Crippen LogP contribution in [-0.4, -0.2) is 42.4 Å². The maximum absolute atomic E-state index is 11.1. The highest BCUT2D eigenvalue weighted by Crippen LogP contribution is 2.45. The second kappa shape index (κ2) is 5.06. The maximum Gasteiger partial charge on any atom is 0.184 e. The normalized spacial score (nSPS) is 37.2. The van der Waals surface area contributed by atoms with E-state index in [-0.39, 0.29) is 6.29 Å². The molecule has 1 aromatic rings. The molecule has 1 aromatic carbocycles. The molecule has 4 nitrogen and oxygen atoms in total. The lowest BCUT2D eigenvalue weighted by molar-refractivity contribution is -0.0505. The Morgan fingerprint density at radius 2 is 1.62 bits per heavy atom. The van der Waals surface area contributed by atoms with E-state index in [1.807, 2.05) is 24.3 Å². The summed E-state index contributed by atoms with van der Waals surface area (Å²) in [6.45, 7) is 1.32. The molecule has 0 aromatic heterocycles. The maximum atomic E-state index is 11.1. The van der Waals surface area contributed by atoms with Gasteiger partial charge in [-0.2, -0.15) is 0 Å². The van der Waals surface area contributed by atoms with Crippen molar-refractivity contribution in [2.24, 2.45) is 0 Å². The van der Waals surface area contributed by atoms with Crippen LogP contribution in [0.1, 0.15) is 43.1 Å². The van der Waals surface area contributed by atoms with Crippen molar-refractivity contribution in [3.63, 3.8) is 0 Å². The van der Waals surface area contributed by atoms with Gasteiger partial charge in [-0.3, -0.25) is 0 Å². The van der Waals surface area contributed by atoms with Gasteiger partial charge in [0, 0.05) is 17.6 Å². The number of benzene rings is 1. The summed E-state index contributed by atoms with van der Waals surface area (Å²) >= 11 is 0. The molecule has 0 aliphatic carbocycles. The van der Waals surface area contributed by atoms with E-state index in [1.165, 1.54) is 12.8 Å². The molecule has 3 aliphatic heterocycles. The summed E-state index contributed by atoms with van der Waals surface area (Å²) in [6.07, 6.45) is 3.88. The molecule has 2 bridgehead atoms. The first kappa shape index (κ1) is 13.7. The van der Waals surface area contributed by atoms with E-state index in [4.69, 9.17) is 9.47 Å². The quantitative estimate of drug-likeness (QED) is 0.906. The largest absolute Gasteiger partial charge is 0.385 e. The number of aliphatic hydroxyl groups is 1. The van der Waals surface area contributed by atoms with Crippen molar-refractivity contribution in [2.45, 2.75) is 49.7 Å². The van der Waals surface area contributed by atoms with Crippen LogP contribution >= 0.6 is 0 Å². The molecule has 3 saturated heterocycles. The molecule has 21 heavy (non-hydrogen) atoms. The molecule has 4 heteroatoms. The number of nitrogens with zero attached hydrogens (tertiary/aromatic N) is 1. The van der Waals surface area contributed by atoms with Crippen LogP contribution in [0.5, 0.6) is 0 Å². The molecule has 2 unspecified atom stereocenters. The van der Waals surface area contributed by atoms with E-state index >= 15 is 0 Å². The van der Waals surface area contributed by atoms with Gasteiger partial charge in [-0.05, 0) is 38.3 Å². The Morgan fingerprint density at radius 3 is 2.19 bits per heavy atom. The fourth-order valence-corrected chi connectivity index (χ4v) is 4.18. The smallest absolute Gasteiger partial charge is 0.184 e. The standard InChI is InChI=1S/C17H23NO3/c1-18-14-6-7-15(18)11-17(19,10-14)13-4-2-12(3-5-13)16-20-8-9-21-16/h2-5,14-16,19H,6-11H2,1H3. The fourth-order valence-electron chi connectivity index (χ4n) is 4.18. The molecule has 2 atom stereocenters. The molecule has 3 aliphatic rings. The molecule has 0 radical (unpaired) electrons. The Bertz CT molecular complexity index is 495. The van der Waals surface area contributed by atoms with Crippen molar-refractivity contribution in [2.75, 3.05) is 20.3 Å². The van der Waals surface area contributed by atoms with Crippen molar-refractivity contribution in [3.05, 3.63) is 35.4 Å². The van der Waals surface area contributed by atoms with Gasteiger partial charge < -0.3 is 19.5 Å². The van der Waals surface area contributed by atoms with Crippen molar-refractivity contribution >= 4 is 0 Å². The predicted molar refractivity (Wildman–Crippen MR) is 78.8 cm³/mol. The molecule has 0 spiro atoms. The summed E-state index contributed by atoms with van der Waals surface area (Å²) in [6, 6.07) is 9.20. The Labute approximate surface area is 125 Å². The SMILES string of the molecule is CN1C2CCC1CC(O)(c1ccc(C3OCCO3)cc1)C2. The molecule has 114 valence electrons. The van der Waals surface area contributed by atoms with E-state index < -0.39 is 5.60 Å². The van der Waals surface area contributed by atoms with Crippen LogP contribution in [0, 0.1) is 0 Å². The highest BCUT2D eigenvalue weighted by atomic mass is 16.7. The zero-order valence-corrected chi connectivity index (χ0v) is 12.5. The highest BCUT2D eigenvalue weighted by Gasteiger charge is 2.46. The van der Waals surface area contributed by atoms with Crippen LogP contribution in [0.25, 0.3) is 0 Å². The van der Waals surface area contributed by atoms with E-state index in [0.29, 0.717) is 25.3 Å². The summed E-state index contributed by atoms with van der Waals surface area (Å²) in [4.78, 5) is 2.45. The highest BCUT2D eigenvalue weighted by molar-refractivity contribution is 5.29. The van der Waals surface area contributed by atoms with Gasteiger partial charge in [0.15, 0.2) is 6.29 Å². The third-order valence-electron chi connectivity index (χ3n) is 5.47. The number of hydrogen-bond acceptors (Lipinski definition) is 4. The Kier molecular flexibility index (Phi) is 3.30. The Hall–Kier alpha value is -0.940. The average molecular weight is 289 g/mol. The first-order valence-electron chi connectivity index (χ1n) is 7.94. The van der Waals surface area contributed by atoms with Crippen molar-refractivity contribution < 1.29 is 14.6 Å². The lowest BCUT2D eigenvalue weighted by Crippen LogP contribution is -2.47. The topological polar surface area (TPSA) is 41.9 Å². The molecule has 0 amide bonds. The first-order chi connectivity index (χ1) is 10.2. The van der Waals surface area contributed by atoms with E-state index in [1.54, 1.807) is 0 Å². The third-order valence-corrected chi connectivity index (χ3v) is 5.47. The van der Waals surface area contributed by atoms with E-state index in [0.717, 1.165) is 24.0 Å². The average Bonchev–Trinajstić information content (AvgIpc) is 3.09. The van der Waals surface area contributed by atoms with E-state index in [9.17, 15) is 5.11 Å². The number of ether oxygens (including phenoxy) is 2. The first-order valence-corrected chi connectivity index (χ1v) is 7.94. The zero-order chi connectivity index (χ0) is 14.4. The predicted octanol–water partition coefficient (Wildman–Crippen LogP) is 2.18. The molecule has 0 saturated carbocycles. The van der Waals surface area contributed by atoms with Crippen LogP contribution in [0.2, 0.25) is 0 Å². The molecule has 1 N–H and O–H groups in total. The van der Waals surface area contributed by atoms with Gasteiger partial charge in [0.05, 0.1) is 18.8 Å². The monoisotopic (exact) mass is 289 g/mol. The number of piperidine rings is 1. The fraction of sp³-hybridized carbons (Fsp3) is 0.647. The molecule has 3 heterocycles. The third kappa shape index (κ3) is 2.30. The van der Waals surface area contributed by atoms with Crippen molar-refractivity contribution in [1.29, 1.82) is 0 Å². The minimum atomic E-state index is -0.672. The van der Waals surface area contributed by atoms with Gasteiger partial charge in [-0.15, -0.1) is 0 Å². The number of fused-ring (bicyclic) bond motifs is 2. The Balaban J connectivity index is 1.55. The molecular weight excluding hydrogens is 266 g/mol. The second-order valence-corrected chi connectivity index (χ2v) is 6.69. The lowest BCUT2D eigenvalue weighted by Gasteiger charge is -2.42. The van der Waals surface area contributed by atoms with Crippen molar-refractivity contribution in [1.82, 2.24) is 4.90 Å². The lowest BCUT2D eigenvalue weighted by atomic mass is 9.80. The zero-order valence-electron chi connectivity index (χ0n) is 12.5. The van der Waals surface area contributed by atoms with Crippen LogP contribution < -0.4 is 0 Å². The minimum Gasteiger partial charge on any atom is -0.385 e. The van der Waals surface area contributed by atoms with Gasteiger partial charge in [-0.1, -0.05) is 24.3 Å². The van der Waals surface area contributed by atoms with Gasteiger partial charge in [0.2, 0.25) is 0 Å². The van der Waals surface area contributed by atoms with E-state index in [2.05, 4.69) is 11.9 Å². The van der Waals surface area contributed by atoms with Crippen LogP contribution in [-0.2, 0) is 15.1 Å². The van der Waals surface area contributed by atoms with Crippen LogP contribution in [0.3, 0.4) is 0 Å². The second-order valence-electron chi connectivity index (χ2n) is 6.69. The van der Waals surface area contributed by atoms with Crippen molar-refractivity contribution in [3.8, 4) is 0 Å². The minimum absolute atomic E-state index is 0.234. The van der Waals surface area contributed by atoms with Crippen LogP contribution in [0.15, 0.2) is 24.3 Å². The summed E-state index contributed by atoms with van der Waals surface area (Å²) in [5.41, 5.74) is 1.40. The van der Waals surface area contributed by atoms with Gasteiger partial charge >= 0.3 is 0 Å². The van der Waals surface area contributed by atoms with Gasteiger partial charge in [-0.25, -0.2) is 0 Å². The van der Waals surface area contributed by atoms with Gasteiger partial charge in [0.1, 0.15) is 0 Å². The molecular formula is C17H23NO3. The summed E-state index contributed by atoms with van der Waals surface area (Å²) in [5.74, 6) is 0. The Morgan fingerprint density at radius 1 is 1.05 bits per heavy atom. The molecule has 3 fully saturated rings. The van der Waals surface area contributed by atoms with Gasteiger partial charge in [0.25, 0.3) is 0 Å². The number of rotatable bonds is 2. The van der Waals surface area contributed by atoms with Crippen LogP contribution in [0.4, 0.5) is 0 Å². The number of hydrogen-bond donors (Lipinski definition) is 1. The summed E-state index contributed by atoms with van der Waals surface area (Å²) in [5, 5.41) is 11.1.